The van der Waals surface area contributed by atoms with E-state index in [1.54, 1.807) is 6.20 Å². The fraction of sp³-hybridized carbons (Fsp3) is 0.500. The Morgan fingerprint density at radius 2 is 1.92 bits per heavy atom. The van der Waals surface area contributed by atoms with Crippen molar-refractivity contribution in [1.82, 2.24) is 10.2 Å². The Kier molecular flexibility index (Phi) is 4.68. The average molecular weight is 180 g/mol. The number of nitrogens with zero attached hydrogens (tertiary/aromatic N) is 1. The van der Waals surface area contributed by atoms with Crippen LogP contribution in [0.3, 0.4) is 0 Å². The molecule has 0 radical (unpaired) electrons. The summed E-state index contributed by atoms with van der Waals surface area (Å²) >= 11 is 0. The van der Waals surface area contributed by atoms with Crippen molar-refractivity contribution in [2.24, 2.45) is 0 Å². The second-order valence-corrected chi connectivity index (χ2v) is 3.63. The molecule has 0 unspecified atom stereocenters. The fourth-order valence-corrected chi connectivity index (χ4v) is 0.445. The predicted molar refractivity (Wildman–Crippen MR) is 52.9 cm³/mol. The van der Waals surface area contributed by atoms with E-state index < -0.39 is 0 Å². The highest BCUT2D eigenvalue weighted by atomic mass is 16.1. The lowest BCUT2D eigenvalue weighted by atomic mass is 10.1. The van der Waals surface area contributed by atoms with Gasteiger partial charge in [-0.15, -0.1) is 0 Å². The van der Waals surface area contributed by atoms with Gasteiger partial charge in [0.05, 0.1) is 12.4 Å². The van der Waals surface area contributed by atoms with Gasteiger partial charge in [-0.1, -0.05) is 11.5 Å². The van der Waals surface area contributed by atoms with Gasteiger partial charge in [-0.25, -0.2) is 0 Å². The van der Waals surface area contributed by atoms with E-state index in [1.165, 1.54) is 6.20 Å². The minimum Gasteiger partial charge on any atom is -0.369 e. The van der Waals surface area contributed by atoms with Gasteiger partial charge < -0.3 is 10.2 Å². The molecule has 0 aliphatic carbocycles. The lowest BCUT2D eigenvalue weighted by Crippen LogP contribution is -2.33. The van der Waals surface area contributed by atoms with Crippen LogP contribution >= 0.6 is 0 Å². The summed E-state index contributed by atoms with van der Waals surface area (Å²) in [5, 5.41) is 2.34. The maximum absolute atomic E-state index is 9.83. The normalized spacial score (nSPS) is 9.23. The highest BCUT2D eigenvalue weighted by Crippen LogP contribution is 2.09. The van der Waals surface area contributed by atoms with Crippen LogP contribution in [-0.4, -0.2) is 23.9 Å². The molecule has 0 saturated heterocycles. The second kappa shape index (κ2) is 5.26. The Balaban J connectivity index is 4.27. The lowest BCUT2D eigenvalue weighted by molar-refractivity contribution is -0.108. The Labute approximate surface area is 79.4 Å². The molecule has 0 aromatic heterocycles. The summed E-state index contributed by atoms with van der Waals surface area (Å²) in [5.41, 5.74) is 5.55. The first-order valence-corrected chi connectivity index (χ1v) is 4.07. The molecule has 0 heterocycles. The Morgan fingerprint density at radius 3 is 2.38 bits per heavy atom. The largest absolute Gasteiger partial charge is 0.369 e. The molecule has 0 fully saturated rings. The van der Waals surface area contributed by atoms with E-state index in [1.807, 2.05) is 11.9 Å². The molecule has 0 bridgehead atoms. The van der Waals surface area contributed by atoms with Gasteiger partial charge in [-0.2, -0.15) is 0 Å². The van der Waals surface area contributed by atoms with Crippen LogP contribution in [0, 0.1) is 0 Å². The molecule has 0 saturated carbocycles. The standard InChI is InChI=1S/C10H16N2O/c1-10(2,3)12(4)8-6-5-7-11-9-13/h7-9H,1-4H3,(H,11,13). The molecule has 0 rings (SSSR count). The van der Waals surface area contributed by atoms with Crippen LogP contribution in [0.5, 0.6) is 0 Å². The topological polar surface area (TPSA) is 32.3 Å². The molecule has 0 aromatic carbocycles. The molecule has 3 heteroatoms. The summed E-state index contributed by atoms with van der Waals surface area (Å²) in [6.45, 7) is 6.29. The summed E-state index contributed by atoms with van der Waals surface area (Å²) in [7, 11) is 1.96. The van der Waals surface area contributed by atoms with Crippen molar-refractivity contribution >= 4 is 6.41 Å². The van der Waals surface area contributed by atoms with E-state index in [0.29, 0.717) is 6.41 Å². The van der Waals surface area contributed by atoms with Crippen molar-refractivity contribution in [3.63, 3.8) is 0 Å². The number of amides is 1. The maximum Gasteiger partial charge on any atom is 0.211 e. The van der Waals surface area contributed by atoms with Crippen LogP contribution in [-0.2, 0) is 4.79 Å². The first kappa shape index (κ1) is 11.6. The van der Waals surface area contributed by atoms with Gasteiger partial charge in [-0.3, -0.25) is 4.79 Å². The summed E-state index contributed by atoms with van der Waals surface area (Å²) < 4.78 is 0. The van der Waals surface area contributed by atoms with Crippen LogP contribution in [0.15, 0.2) is 23.9 Å². The number of carbonyl (C=O) groups excluding carboxylic acids is 1. The molecule has 3 nitrogen and oxygen atoms in total. The third-order valence-electron chi connectivity index (χ3n) is 1.62. The minimum absolute atomic E-state index is 0.0762. The van der Waals surface area contributed by atoms with Gasteiger partial charge in [0.25, 0.3) is 0 Å². The van der Waals surface area contributed by atoms with Gasteiger partial charge in [0, 0.05) is 12.6 Å². The molecule has 1 amide bonds. The molecule has 0 aromatic rings. The number of hydrogen-bond donors (Lipinski definition) is 1. The number of rotatable bonds is 3. The van der Waals surface area contributed by atoms with E-state index in [0.717, 1.165) is 0 Å². The fourth-order valence-electron chi connectivity index (χ4n) is 0.445. The van der Waals surface area contributed by atoms with E-state index >= 15 is 0 Å². The number of hydrogen-bond acceptors (Lipinski definition) is 2. The van der Waals surface area contributed by atoms with Crippen molar-refractivity contribution in [3.8, 4) is 0 Å². The molecule has 13 heavy (non-hydrogen) atoms. The summed E-state index contributed by atoms with van der Waals surface area (Å²) in [6.07, 6.45) is 3.77. The van der Waals surface area contributed by atoms with E-state index in [-0.39, 0.29) is 5.54 Å². The molecular weight excluding hydrogens is 164 g/mol. The smallest absolute Gasteiger partial charge is 0.211 e. The van der Waals surface area contributed by atoms with Crippen LogP contribution in [0.1, 0.15) is 20.8 Å². The van der Waals surface area contributed by atoms with Gasteiger partial charge in [0.1, 0.15) is 0 Å². The Morgan fingerprint density at radius 1 is 1.31 bits per heavy atom. The maximum atomic E-state index is 9.83. The zero-order chi connectivity index (χ0) is 10.3. The van der Waals surface area contributed by atoms with Gasteiger partial charge >= 0.3 is 0 Å². The van der Waals surface area contributed by atoms with Crippen molar-refractivity contribution in [1.29, 1.82) is 0 Å². The van der Waals surface area contributed by atoms with Crippen LogP contribution in [0.25, 0.3) is 0 Å². The van der Waals surface area contributed by atoms with Crippen LogP contribution in [0.4, 0.5) is 0 Å². The molecule has 0 spiro atoms. The average Bonchev–Trinajstić information content (AvgIpc) is 2.02. The van der Waals surface area contributed by atoms with Crippen molar-refractivity contribution in [2.75, 3.05) is 7.05 Å². The predicted octanol–water partition coefficient (Wildman–Crippen LogP) is 1.24. The molecule has 72 valence electrons. The number of nitrogens with one attached hydrogen (secondary N) is 1. The zero-order valence-electron chi connectivity index (χ0n) is 8.59. The third-order valence-corrected chi connectivity index (χ3v) is 1.62. The quantitative estimate of drug-likeness (QED) is 0.523. The summed E-state index contributed by atoms with van der Waals surface area (Å²) in [4.78, 5) is 11.8. The van der Waals surface area contributed by atoms with Gasteiger partial charge in [-0.05, 0) is 20.8 Å². The zero-order valence-corrected chi connectivity index (χ0v) is 8.59. The summed E-state index contributed by atoms with van der Waals surface area (Å²) in [6, 6.07) is 0. The van der Waals surface area contributed by atoms with Gasteiger partial charge in [0.2, 0.25) is 6.41 Å². The van der Waals surface area contributed by atoms with E-state index in [2.05, 4.69) is 37.6 Å². The number of carbonyl (C=O) groups is 1. The first-order chi connectivity index (χ1) is 5.98. The van der Waals surface area contributed by atoms with Crippen molar-refractivity contribution in [3.05, 3.63) is 23.9 Å². The Bertz CT molecular complexity index is 251. The van der Waals surface area contributed by atoms with Crippen LogP contribution < -0.4 is 5.32 Å². The van der Waals surface area contributed by atoms with Crippen molar-refractivity contribution < 1.29 is 4.79 Å². The molecule has 0 aliphatic heterocycles. The monoisotopic (exact) mass is 180 g/mol. The van der Waals surface area contributed by atoms with Crippen molar-refractivity contribution in [2.45, 2.75) is 26.3 Å². The van der Waals surface area contributed by atoms with E-state index in [4.69, 9.17) is 0 Å². The molecule has 1 N–H and O–H groups in total. The summed E-state index contributed by atoms with van der Waals surface area (Å²) in [5.74, 6) is 0. The SMILES string of the molecule is CN(C=C=C=CNC=O)C(C)(C)C. The second-order valence-electron chi connectivity index (χ2n) is 3.63. The molecule has 0 atom stereocenters. The first-order valence-electron chi connectivity index (χ1n) is 4.07. The minimum atomic E-state index is 0.0762. The highest BCUT2D eigenvalue weighted by molar-refractivity contribution is 5.47. The van der Waals surface area contributed by atoms with Gasteiger partial charge in [0.15, 0.2) is 0 Å². The molecule has 0 aliphatic rings. The third kappa shape index (κ3) is 5.80. The lowest BCUT2D eigenvalue weighted by Gasteiger charge is -2.29. The Hall–Kier alpha value is -1.43. The highest BCUT2D eigenvalue weighted by Gasteiger charge is 2.12. The van der Waals surface area contributed by atoms with E-state index in [9.17, 15) is 4.79 Å². The molecular formula is C10H16N2O. The van der Waals surface area contributed by atoms with Crippen LogP contribution in [0.2, 0.25) is 0 Å².